The Hall–Kier alpha value is -2.21. The summed E-state index contributed by atoms with van der Waals surface area (Å²) in [4.78, 5) is 0. The van der Waals surface area contributed by atoms with Crippen molar-refractivity contribution in [2.75, 3.05) is 12.8 Å². The molecule has 0 atom stereocenters. The van der Waals surface area contributed by atoms with Gasteiger partial charge >= 0.3 is 0 Å². The molecular weight excluding hydrogens is 347 g/mol. The van der Waals surface area contributed by atoms with Crippen LogP contribution in [0.3, 0.4) is 0 Å². The van der Waals surface area contributed by atoms with Crippen molar-refractivity contribution in [2.24, 2.45) is 0 Å². The smallest absolute Gasteiger partial charge is 0.145 e. The molecule has 0 aliphatic heterocycles. The molecular formula is C17H16Cl2N4O. The monoisotopic (exact) mass is 362 g/mol. The lowest BCUT2D eigenvalue weighted by molar-refractivity contribution is 0.474. The lowest BCUT2D eigenvalue weighted by Crippen LogP contribution is -2.07. The number of nitrogen functional groups attached to an aromatic ring is 1. The molecule has 24 heavy (non-hydrogen) atoms. The standard InChI is InChI=1S/C17H16Cl2N4O/c1-21-10-11-8-12(23-7-6-17(20)22-23)2-5-16(11)24-13-3-4-14(18)15(19)9-13/h2-9,21H,10H2,1H3,(H2,20,22). The van der Waals surface area contributed by atoms with Crippen molar-refractivity contribution in [2.45, 2.75) is 6.54 Å². The molecule has 2 aromatic carbocycles. The number of ether oxygens (including phenoxy) is 1. The van der Waals surface area contributed by atoms with Gasteiger partial charge in [0.2, 0.25) is 0 Å². The summed E-state index contributed by atoms with van der Waals surface area (Å²) < 4.78 is 7.68. The van der Waals surface area contributed by atoms with E-state index < -0.39 is 0 Å². The zero-order chi connectivity index (χ0) is 17.1. The van der Waals surface area contributed by atoms with Crippen LogP contribution in [0.5, 0.6) is 11.5 Å². The lowest BCUT2D eigenvalue weighted by atomic mass is 10.1. The molecule has 1 heterocycles. The van der Waals surface area contributed by atoms with Crippen molar-refractivity contribution < 1.29 is 4.74 Å². The van der Waals surface area contributed by atoms with Gasteiger partial charge in [-0.25, -0.2) is 4.68 Å². The molecule has 0 spiro atoms. The van der Waals surface area contributed by atoms with E-state index in [1.54, 1.807) is 28.9 Å². The largest absolute Gasteiger partial charge is 0.457 e. The molecule has 0 amide bonds. The van der Waals surface area contributed by atoms with Gasteiger partial charge in [-0.2, -0.15) is 5.10 Å². The van der Waals surface area contributed by atoms with Crippen LogP contribution in [0.1, 0.15) is 5.56 Å². The van der Waals surface area contributed by atoms with E-state index in [0.29, 0.717) is 28.2 Å². The minimum absolute atomic E-state index is 0.452. The van der Waals surface area contributed by atoms with Crippen LogP contribution >= 0.6 is 23.2 Å². The highest BCUT2D eigenvalue weighted by atomic mass is 35.5. The molecule has 0 aliphatic rings. The Kier molecular flexibility index (Phi) is 4.94. The van der Waals surface area contributed by atoms with Gasteiger partial charge in [0.15, 0.2) is 0 Å². The van der Waals surface area contributed by atoms with E-state index in [9.17, 15) is 0 Å². The summed E-state index contributed by atoms with van der Waals surface area (Å²) in [5.74, 6) is 1.82. The topological polar surface area (TPSA) is 65.1 Å². The predicted octanol–water partition coefficient (Wildman–Crippen LogP) is 4.27. The van der Waals surface area contributed by atoms with E-state index in [1.807, 2.05) is 31.4 Å². The Balaban J connectivity index is 1.93. The van der Waals surface area contributed by atoms with Crippen LogP contribution in [-0.4, -0.2) is 16.8 Å². The maximum absolute atomic E-state index is 6.04. The molecule has 0 aliphatic carbocycles. The summed E-state index contributed by atoms with van der Waals surface area (Å²) >= 11 is 12.0. The molecule has 124 valence electrons. The minimum atomic E-state index is 0.452. The van der Waals surface area contributed by atoms with Crippen LogP contribution in [0.2, 0.25) is 10.0 Å². The fourth-order valence-electron chi connectivity index (χ4n) is 2.29. The quantitative estimate of drug-likeness (QED) is 0.711. The second-order valence-electron chi connectivity index (χ2n) is 5.19. The first-order valence-electron chi connectivity index (χ1n) is 7.29. The number of aromatic nitrogens is 2. The summed E-state index contributed by atoms with van der Waals surface area (Å²) in [6, 6.07) is 12.7. The third-order valence-corrected chi connectivity index (χ3v) is 4.14. The second-order valence-corrected chi connectivity index (χ2v) is 6.00. The molecule has 0 bridgehead atoms. The first-order valence-corrected chi connectivity index (χ1v) is 8.04. The Morgan fingerprint density at radius 3 is 2.62 bits per heavy atom. The van der Waals surface area contributed by atoms with E-state index in [0.717, 1.165) is 17.0 Å². The van der Waals surface area contributed by atoms with Crippen molar-refractivity contribution >= 4 is 29.0 Å². The van der Waals surface area contributed by atoms with E-state index in [2.05, 4.69) is 10.4 Å². The van der Waals surface area contributed by atoms with Gasteiger partial charge in [0, 0.05) is 30.4 Å². The highest BCUT2D eigenvalue weighted by Crippen LogP contribution is 2.31. The molecule has 5 nitrogen and oxygen atoms in total. The number of rotatable bonds is 5. The molecule has 3 rings (SSSR count). The molecule has 0 saturated carbocycles. The number of hydrogen-bond donors (Lipinski definition) is 2. The van der Waals surface area contributed by atoms with Crippen molar-refractivity contribution in [1.82, 2.24) is 15.1 Å². The van der Waals surface area contributed by atoms with Gasteiger partial charge in [0.1, 0.15) is 17.3 Å². The normalized spacial score (nSPS) is 10.8. The number of nitrogens with one attached hydrogen (secondary N) is 1. The van der Waals surface area contributed by atoms with Gasteiger partial charge in [0.05, 0.1) is 15.7 Å². The van der Waals surface area contributed by atoms with Crippen molar-refractivity contribution in [1.29, 1.82) is 0 Å². The number of nitrogens with zero attached hydrogens (tertiary/aromatic N) is 2. The molecule has 3 aromatic rings. The Bertz CT molecular complexity index is 864. The Morgan fingerprint density at radius 2 is 1.96 bits per heavy atom. The van der Waals surface area contributed by atoms with Gasteiger partial charge in [-0.3, -0.25) is 0 Å². The summed E-state index contributed by atoms with van der Waals surface area (Å²) in [6.07, 6.45) is 1.81. The average molecular weight is 363 g/mol. The first kappa shape index (κ1) is 16.6. The van der Waals surface area contributed by atoms with Gasteiger partial charge in [0.25, 0.3) is 0 Å². The van der Waals surface area contributed by atoms with E-state index >= 15 is 0 Å². The van der Waals surface area contributed by atoms with Gasteiger partial charge in [-0.1, -0.05) is 23.2 Å². The molecule has 0 radical (unpaired) electrons. The Labute approximate surface area is 149 Å². The van der Waals surface area contributed by atoms with Crippen LogP contribution < -0.4 is 15.8 Å². The summed E-state index contributed by atoms with van der Waals surface area (Å²) in [7, 11) is 1.88. The second kappa shape index (κ2) is 7.13. The average Bonchev–Trinajstić information content (AvgIpc) is 2.99. The molecule has 0 unspecified atom stereocenters. The van der Waals surface area contributed by atoms with Crippen molar-refractivity contribution in [3.05, 3.63) is 64.3 Å². The lowest BCUT2D eigenvalue weighted by Gasteiger charge is -2.13. The van der Waals surface area contributed by atoms with Crippen LogP contribution in [0.25, 0.3) is 5.69 Å². The number of anilines is 1. The number of halogens is 2. The van der Waals surface area contributed by atoms with Crippen LogP contribution in [-0.2, 0) is 6.54 Å². The van der Waals surface area contributed by atoms with Crippen molar-refractivity contribution in [3.8, 4) is 17.2 Å². The minimum Gasteiger partial charge on any atom is -0.457 e. The van der Waals surface area contributed by atoms with E-state index in [-0.39, 0.29) is 0 Å². The van der Waals surface area contributed by atoms with Gasteiger partial charge in [-0.15, -0.1) is 0 Å². The maximum atomic E-state index is 6.04. The third kappa shape index (κ3) is 3.64. The van der Waals surface area contributed by atoms with E-state index in [4.69, 9.17) is 33.7 Å². The van der Waals surface area contributed by atoms with Crippen LogP contribution in [0.15, 0.2) is 48.7 Å². The Morgan fingerprint density at radius 1 is 1.12 bits per heavy atom. The van der Waals surface area contributed by atoms with Crippen molar-refractivity contribution in [3.63, 3.8) is 0 Å². The van der Waals surface area contributed by atoms with Gasteiger partial charge < -0.3 is 15.8 Å². The fourth-order valence-corrected chi connectivity index (χ4v) is 2.57. The maximum Gasteiger partial charge on any atom is 0.145 e. The summed E-state index contributed by atoms with van der Waals surface area (Å²) in [6.45, 7) is 0.640. The van der Waals surface area contributed by atoms with Gasteiger partial charge in [-0.05, 0) is 37.4 Å². The number of hydrogen-bond acceptors (Lipinski definition) is 4. The molecule has 0 saturated heterocycles. The molecule has 7 heteroatoms. The SMILES string of the molecule is CNCc1cc(-n2ccc(N)n2)ccc1Oc1ccc(Cl)c(Cl)c1. The summed E-state index contributed by atoms with van der Waals surface area (Å²) in [5, 5.41) is 8.29. The molecule has 3 N–H and O–H groups in total. The predicted molar refractivity (Wildman–Crippen MR) is 97.3 cm³/mol. The summed E-state index contributed by atoms with van der Waals surface area (Å²) in [5.41, 5.74) is 7.56. The zero-order valence-corrected chi connectivity index (χ0v) is 14.5. The first-order chi connectivity index (χ1) is 11.6. The highest BCUT2D eigenvalue weighted by Gasteiger charge is 2.09. The van der Waals surface area contributed by atoms with E-state index in [1.165, 1.54) is 0 Å². The highest BCUT2D eigenvalue weighted by molar-refractivity contribution is 6.42. The van der Waals surface area contributed by atoms with Crippen LogP contribution in [0.4, 0.5) is 5.82 Å². The number of nitrogens with two attached hydrogens (primary N) is 1. The molecule has 1 aromatic heterocycles. The fraction of sp³-hybridized carbons (Fsp3) is 0.118. The van der Waals surface area contributed by atoms with Crippen LogP contribution in [0, 0.1) is 0 Å². The number of benzene rings is 2. The zero-order valence-electron chi connectivity index (χ0n) is 13.0. The molecule has 0 fully saturated rings. The third-order valence-electron chi connectivity index (χ3n) is 3.40.